The van der Waals surface area contributed by atoms with Crippen molar-refractivity contribution in [2.75, 3.05) is 7.11 Å². The minimum atomic E-state index is -0.204. The SMILES string of the molecule is COc1ccccc1CC(C)NC(=O)c1ccncc1Cl. The molecule has 0 spiro atoms. The van der Waals surface area contributed by atoms with Crippen LogP contribution in [0.4, 0.5) is 0 Å². The van der Waals surface area contributed by atoms with E-state index in [-0.39, 0.29) is 11.9 Å². The van der Waals surface area contributed by atoms with Gasteiger partial charge in [-0.2, -0.15) is 0 Å². The van der Waals surface area contributed by atoms with Crippen LogP contribution in [0.3, 0.4) is 0 Å². The van der Waals surface area contributed by atoms with Crippen LogP contribution in [0.15, 0.2) is 42.7 Å². The van der Waals surface area contributed by atoms with Gasteiger partial charge in [0.1, 0.15) is 5.75 Å². The van der Waals surface area contributed by atoms with Crippen LogP contribution in [-0.2, 0) is 6.42 Å². The first-order valence-corrected chi connectivity index (χ1v) is 7.02. The normalized spacial score (nSPS) is 11.8. The van der Waals surface area contributed by atoms with Gasteiger partial charge in [-0.3, -0.25) is 9.78 Å². The Kier molecular flexibility index (Phi) is 5.17. The molecule has 0 radical (unpaired) electrons. The maximum absolute atomic E-state index is 12.2. The van der Waals surface area contributed by atoms with E-state index in [0.717, 1.165) is 11.3 Å². The van der Waals surface area contributed by atoms with Crippen molar-refractivity contribution in [3.05, 3.63) is 58.9 Å². The summed E-state index contributed by atoms with van der Waals surface area (Å²) >= 11 is 5.97. The van der Waals surface area contributed by atoms with Crippen molar-refractivity contribution in [3.63, 3.8) is 0 Å². The summed E-state index contributed by atoms with van der Waals surface area (Å²) in [6, 6.07) is 9.32. The number of methoxy groups -OCH3 is 1. The Hall–Kier alpha value is -2.07. The van der Waals surface area contributed by atoms with Crippen LogP contribution in [0.1, 0.15) is 22.8 Å². The van der Waals surface area contributed by atoms with Crippen molar-refractivity contribution in [1.29, 1.82) is 0 Å². The molecule has 0 saturated heterocycles. The number of halogens is 1. The van der Waals surface area contributed by atoms with Crippen molar-refractivity contribution < 1.29 is 9.53 Å². The first kappa shape index (κ1) is 15.3. The van der Waals surface area contributed by atoms with E-state index in [1.807, 2.05) is 31.2 Å². The molecule has 1 unspecified atom stereocenters. The van der Waals surface area contributed by atoms with Gasteiger partial charge in [0.25, 0.3) is 5.91 Å². The summed E-state index contributed by atoms with van der Waals surface area (Å²) in [6.07, 6.45) is 3.69. The third kappa shape index (κ3) is 3.95. The van der Waals surface area contributed by atoms with Crippen molar-refractivity contribution >= 4 is 17.5 Å². The Labute approximate surface area is 129 Å². The predicted molar refractivity (Wildman–Crippen MR) is 82.9 cm³/mol. The molecule has 0 bridgehead atoms. The van der Waals surface area contributed by atoms with Crippen LogP contribution in [-0.4, -0.2) is 24.0 Å². The Morgan fingerprint density at radius 3 is 2.86 bits per heavy atom. The quantitative estimate of drug-likeness (QED) is 0.923. The lowest BCUT2D eigenvalue weighted by molar-refractivity contribution is 0.0940. The average Bonchev–Trinajstić information content (AvgIpc) is 2.48. The highest BCUT2D eigenvalue weighted by Crippen LogP contribution is 2.19. The number of ether oxygens (including phenoxy) is 1. The number of rotatable bonds is 5. The second kappa shape index (κ2) is 7.09. The minimum Gasteiger partial charge on any atom is -0.496 e. The molecule has 1 atom stereocenters. The number of hydrogen-bond donors (Lipinski definition) is 1. The molecular weight excluding hydrogens is 288 g/mol. The second-order valence-electron chi connectivity index (χ2n) is 4.75. The fraction of sp³-hybridized carbons (Fsp3) is 0.250. The molecule has 2 rings (SSSR count). The highest BCUT2D eigenvalue weighted by molar-refractivity contribution is 6.33. The van der Waals surface area contributed by atoms with Gasteiger partial charge in [-0.15, -0.1) is 0 Å². The van der Waals surface area contributed by atoms with Gasteiger partial charge in [-0.05, 0) is 31.0 Å². The molecule has 1 heterocycles. The number of carbonyl (C=O) groups is 1. The molecule has 1 aromatic heterocycles. The molecule has 4 nitrogen and oxygen atoms in total. The molecule has 5 heteroatoms. The molecule has 110 valence electrons. The monoisotopic (exact) mass is 304 g/mol. The molecule has 1 N–H and O–H groups in total. The third-order valence-electron chi connectivity index (χ3n) is 3.11. The summed E-state index contributed by atoms with van der Waals surface area (Å²) in [4.78, 5) is 16.0. The molecule has 2 aromatic rings. The molecule has 0 fully saturated rings. The number of pyridine rings is 1. The van der Waals surface area contributed by atoms with Gasteiger partial charge in [-0.1, -0.05) is 29.8 Å². The van der Waals surface area contributed by atoms with E-state index in [9.17, 15) is 4.79 Å². The second-order valence-corrected chi connectivity index (χ2v) is 5.15. The Bertz CT molecular complexity index is 631. The smallest absolute Gasteiger partial charge is 0.253 e. The lowest BCUT2D eigenvalue weighted by atomic mass is 10.1. The zero-order valence-corrected chi connectivity index (χ0v) is 12.7. The van der Waals surface area contributed by atoms with Gasteiger partial charge in [0.05, 0.1) is 17.7 Å². The van der Waals surface area contributed by atoms with Crippen molar-refractivity contribution in [3.8, 4) is 5.75 Å². The summed E-state index contributed by atoms with van der Waals surface area (Å²) in [5.74, 6) is 0.616. The van der Waals surface area contributed by atoms with E-state index < -0.39 is 0 Å². The molecule has 1 amide bonds. The summed E-state index contributed by atoms with van der Waals surface area (Å²) in [7, 11) is 1.64. The number of nitrogens with one attached hydrogen (secondary N) is 1. The first-order valence-electron chi connectivity index (χ1n) is 6.64. The van der Waals surface area contributed by atoms with Crippen LogP contribution in [0.25, 0.3) is 0 Å². The maximum Gasteiger partial charge on any atom is 0.253 e. The van der Waals surface area contributed by atoms with E-state index in [1.54, 1.807) is 19.4 Å². The fourth-order valence-electron chi connectivity index (χ4n) is 2.11. The predicted octanol–water partition coefficient (Wildman–Crippen LogP) is 3.10. The highest BCUT2D eigenvalue weighted by atomic mass is 35.5. The molecule has 0 aliphatic heterocycles. The topological polar surface area (TPSA) is 51.2 Å². The molecule has 21 heavy (non-hydrogen) atoms. The largest absolute Gasteiger partial charge is 0.496 e. The Morgan fingerprint density at radius 2 is 2.14 bits per heavy atom. The molecule has 0 aliphatic rings. The minimum absolute atomic E-state index is 0.0435. The number of nitrogens with zero attached hydrogens (tertiary/aromatic N) is 1. The van der Waals surface area contributed by atoms with Gasteiger partial charge in [0.15, 0.2) is 0 Å². The van der Waals surface area contributed by atoms with Crippen LogP contribution in [0, 0.1) is 0 Å². The average molecular weight is 305 g/mol. The summed E-state index contributed by atoms with van der Waals surface area (Å²) < 4.78 is 5.31. The lowest BCUT2D eigenvalue weighted by Gasteiger charge is -2.16. The van der Waals surface area contributed by atoms with Crippen LogP contribution in [0.2, 0.25) is 5.02 Å². The molecular formula is C16H17ClN2O2. The van der Waals surface area contributed by atoms with E-state index in [4.69, 9.17) is 16.3 Å². The van der Waals surface area contributed by atoms with Crippen molar-refractivity contribution in [1.82, 2.24) is 10.3 Å². The van der Waals surface area contributed by atoms with E-state index in [2.05, 4.69) is 10.3 Å². The number of carbonyl (C=O) groups excluding carboxylic acids is 1. The first-order chi connectivity index (χ1) is 10.1. The lowest BCUT2D eigenvalue weighted by Crippen LogP contribution is -2.34. The van der Waals surface area contributed by atoms with E-state index >= 15 is 0 Å². The number of benzene rings is 1. The van der Waals surface area contributed by atoms with Gasteiger partial charge in [0.2, 0.25) is 0 Å². The van der Waals surface area contributed by atoms with Crippen LogP contribution >= 0.6 is 11.6 Å². The van der Waals surface area contributed by atoms with E-state index in [0.29, 0.717) is 17.0 Å². The standard InChI is InChI=1S/C16H17ClN2O2/c1-11(9-12-5-3-4-6-15(12)21-2)19-16(20)13-7-8-18-10-14(13)17/h3-8,10-11H,9H2,1-2H3,(H,19,20). The molecule has 1 aromatic carbocycles. The Morgan fingerprint density at radius 1 is 1.38 bits per heavy atom. The highest BCUT2D eigenvalue weighted by Gasteiger charge is 2.14. The van der Waals surface area contributed by atoms with E-state index in [1.165, 1.54) is 6.20 Å². The van der Waals surface area contributed by atoms with Crippen molar-refractivity contribution in [2.24, 2.45) is 0 Å². The maximum atomic E-state index is 12.2. The molecule has 0 saturated carbocycles. The summed E-state index contributed by atoms with van der Waals surface area (Å²) in [5.41, 5.74) is 1.48. The van der Waals surface area contributed by atoms with Crippen molar-refractivity contribution in [2.45, 2.75) is 19.4 Å². The summed E-state index contributed by atoms with van der Waals surface area (Å²) in [5, 5.41) is 3.28. The zero-order valence-electron chi connectivity index (χ0n) is 12.0. The number of aromatic nitrogens is 1. The summed E-state index contributed by atoms with van der Waals surface area (Å²) in [6.45, 7) is 1.94. The number of amides is 1. The van der Waals surface area contributed by atoms with Gasteiger partial charge in [0, 0.05) is 18.4 Å². The molecule has 0 aliphatic carbocycles. The fourth-order valence-corrected chi connectivity index (χ4v) is 2.32. The van der Waals surface area contributed by atoms with Crippen LogP contribution in [0.5, 0.6) is 5.75 Å². The van der Waals surface area contributed by atoms with Gasteiger partial charge < -0.3 is 10.1 Å². The Balaban J connectivity index is 2.03. The number of para-hydroxylation sites is 1. The zero-order chi connectivity index (χ0) is 15.2. The van der Waals surface area contributed by atoms with Crippen LogP contribution < -0.4 is 10.1 Å². The third-order valence-corrected chi connectivity index (χ3v) is 3.41. The number of hydrogen-bond acceptors (Lipinski definition) is 3. The van der Waals surface area contributed by atoms with Gasteiger partial charge >= 0.3 is 0 Å². The van der Waals surface area contributed by atoms with Gasteiger partial charge in [-0.25, -0.2) is 0 Å².